The van der Waals surface area contributed by atoms with Gasteiger partial charge in [0.05, 0.1) is 34.3 Å². The average molecular weight is 463 g/mol. The lowest BCUT2D eigenvalue weighted by Crippen LogP contribution is -2.09. The maximum absolute atomic E-state index is 11.8. The topological polar surface area (TPSA) is 117 Å². The van der Waals surface area contributed by atoms with Crippen LogP contribution >= 0.6 is 0 Å². The van der Waals surface area contributed by atoms with Crippen LogP contribution < -0.4 is 5.32 Å². The Labute approximate surface area is 200 Å². The van der Waals surface area contributed by atoms with Gasteiger partial charge >= 0.3 is 0 Å². The Hall–Kier alpha value is -4.79. The molecule has 6 aromatic rings. The summed E-state index contributed by atoms with van der Waals surface area (Å²) in [7, 11) is 0. The van der Waals surface area contributed by atoms with E-state index < -0.39 is 0 Å². The molecule has 0 radical (unpaired) electrons. The first kappa shape index (κ1) is 20.8. The zero-order chi connectivity index (χ0) is 23.9. The number of nitrogens with zero attached hydrogens (tertiary/aromatic N) is 5. The van der Waals surface area contributed by atoms with Crippen LogP contribution in [0.4, 0.5) is 5.69 Å². The first-order valence-electron chi connectivity index (χ1n) is 11.3. The van der Waals surface area contributed by atoms with Crippen molar-refractivity contribution in [3.8, 4) is 28.3 Å². The summed E-state index contributed by atoms with van der Waals surface area (Å²) in [4.78, 5) is 28.5. The van der Waals surface area contributed by atoms with Gasteiger partial charge in [0.15, 0.2) is 0 Å². The van der Waals surface area contributed by atoms with E-state index in [0.29, 0.717) is 12.1 Å². The van der Waals surface area contributed by atoms with Crippen LogP contribution in [0.5, 0.6) is 0 Å². The monoisotopic (exact) mass is 462 g/mol. The number of nitrogens with one attached hydrogen (secondary N) is 3. The summed E-state index contributed by atoms with van der Waals surface area (Å²) in [6.07, 6.45) is 9.36. The van der Waals surface area contributed by atoms with Crippen molar-refractivity contribution >= 4 is 33.4 Å². The van der Waals surface area contributed by atoms with Crippen LogP contribution in [-0.4, -0.2) is 40.6 Å². The molecule has 5 aromatic heterocycles. The number of pyridine rings is 2. The molecule has 0 saturated heterocycles. The Morgan fingerprint density at radius 2 is 1.94 bits per heavy atom. The van der Waals surface area contributed by atoms with Crippen molar-refractivity contribution < 1.29 is 4.79 Å². The molecule has 0 spiro atoms. The lowest BCUT2D eigenvalue weighted by molar-refractivity contribution is -0.115. The van der Waals surface area contributed by atoms with Crippen LogP contribution in [0.1, 0.15) is 19.0 Å². The van der Waals surface area contributed by atoms with Crippen LogP contribution in [0.25, 0.3) is 50.1 Å². The second-order valence-corrected chi connectivity index (χ2v) is 8.40. The first-order valence-corrected chi connectivity index (χ1v) is 11.3. The molecule has 0 atom stereocenters. The summed E-state index contributed by atoms with van der Waals surface area (Å²) in [6, 6.07) is 12.0. The third kappa shape index (κ3) is 3.72. The average Bonchev–Trinajstić information content (AvgIpc) is 3.61. The van der Waals surface area contributed by atoms with Crippen molar-refractivity contribution in [3.63, 3.8) is 0 Å². The molecule has 0 bridgehead atoms. The fraction of sp³-hybridized carbons (Fsp3) is 0.115. The number of rotatable bonds is 5. The summed E-state index contributed by atoms with van der Waals surface area (Å²) < 4.78 is 1.92. The van der Waals surface area contributed by atoms with Gasteiger partial charge in [-0.2, -0.15) is 5.10 Å². The van der Waals surface area contributed by atoms with Crippen molar-refractivity contribution in [3.05, 3.63) is 73.2 Å². The number of carbonyl (C=O) groups excluding carboxylic acids is 1. The molecule has 3 N–H and O–H groups in total. The van der Waals surface area contributed by atoms with E-state index in [-0.39, 0.29) is 5.91 Å². The quantitative estimate of drug-likeness (QED) is 0.333. The normalized spacial score (nSPS) is 11.4. The molecular weight excluding hydrogens is 440 g/mol. The number of hydrogen-bond acceptors (Lipinski definition) is 5. The van der Waals surface area contributed by atoms with Crippen molar-refractivity contribution in [1.82, 2.24) is 34.7 Å². The smallest absolute Gasteiger partial charge is 0.224 e. The minimum Gasteiger partial charge on any atom is -0.353 e. The molecule has 1 amide bonds. The Balaban J connectivity index is 1.43. The summed E-state index contributed by atoms with van der Waals surface area (Å²) in [5.41, 5.74) is 7.08. The second kappa shape index (κ2) is 8.21. The molecule has 172 valence electrons. The predicted molar refractivity (Wildman–Crippen MR) is 135 cm³/mol. The minimum absolute atomic E-state index is 0.0463. The molecule has 9 heteroatoms. The van der Waals surface area contributed by atoms with Gasteiger partial charge in [-0.25, -0.2) is 9.97 Å². The number of hydrogen-bond donors (Lipinski definition) is 3. The fourth-order valence-corrected chi connectivity index (χ4v) is 4.22. The number of aryl methyl sites for hydroxylation is 1. The van der Waals surface area contributed by atoms with Gasteiger partial charge in [0, 0.05) is 41.3 Å². The van der Waals surface area contributed by atoms with E-state index in [1.54, 1.807) is 24.9 Å². The molecule has 35 heavy (non-hydrogen) atoms. The number of amides is 1. The minimum atomic E-state index is -0.0463. The number of benzene rings is 1. The molecule has 0 aliphatic rings. The summed E-state index contributed by atoms with van der Waals surface area (Å²) in [6.45, 7) is 3.77. The number of H-pyrrole nitrogens is 2. The van der Waals surface area contributed by atoms with E-state index in [4.69, 9.17) is 0 Å². The number of carbonyl (C=O) groups is 1. The summed E-state index contributed by atoms with van der Waals surface area (Å²) >= 11 is 0. The molecule has 0 saturated carbocycles. The molecule has 0 unspecified atom stereocenters. The van der Waals surface area contributed by atoms with Crippen LogP contribution in [0.3, 0.4) is 0 Å². The van der Waals surface area contributed by atoms with Crippen LogP contribution in [0.2, 0.25) is 0 Å². The maximum atomic E-state index is 11.8. The van der Waals surface area contributed by atoms with E-state index in [1.807, 2.05) is 48.9 Å². The molecule has 1 aromatic carbocycles. The van der Waals surface area contributed by atoms with Gasteiger partial charge in [0.2, 0.25) is 5.91 Å². The SMILES string of the molecule is CCC(=O)Nc1cncc(-c2ccc3[nH]nc(-c4cc5c(-n6cnc(C)c6)nccc5[nH]4)c3c2)c1. The highest BCUT2D eigenvalue weighted by Crippen LogP contribution is 2.33. The van der Waals surface area contributed by atoms with E-state index in [0.717, 1.165) is 55.8 Å². The predicted octanol–water partition coefficient (Wildman–Crippen LogP) is 5.01. The number of imidazole rings is 1. The van der Waals surface area contributed by atoms with Crippen molar-refractivity contribution in [2.24, 2.45) is 0 Å². The van der Waals surface area contributed by atoms with Gasteiger partial charge in [-0.05, 0) is 42.8 Å². The summed E-state index contributed by atoms with van der Waals surface area (Å²) in [5.74, 6) is 0.762. The van der Waals surface area contributed by atoms with Crippen molar-refractivity contribution in [2.45, 2.75) is 20.3 Å². The number of fused-ring (bicyclic) bond motifs is 2. The maximum Gasteiger partial charge on any atom is 0.224 e. The van der Waals surface area contributed by atoms with Gasteiger partial charge in [-0.3, -0.25) is 19.4 Å². The van der Waals surface area contributed by atoms with Gasteiger partial charge in [-0.1, -0.05) is 13.0 Å². The number of aromatic amines is 2. The molecule has 9 nitrogen and oxygen atoms in total. The van der Waals surface area contributed by atoms with Crippen molar-refractivity contribution in [2.75, 3.05) is 5.32 Å². The lowest BCUT2D eigenvalue weighted by atomic mass is 10.0. The number of aromatic nitrogens is 7. The van der Waals surface area contributed by atoms with E-state index in [9.17, 15) is 4.79 Å². The highest BCUT2D eigenvalue weighted by atomic mass is 16.1. The Kier molecular flexibility index (Phi) is 4.88. The third-order valence-electron chi connectivity index (χ3n) is 5.98. The molecule has 6 rings (SSSR count). The van der Waals surface area contributed by atoms with Gasteiger partial charge in [0.1, 0.15) is 17.8 Å². The van der Waals surface area contributed by atoms with E-state index >= 15 is 0 Å². The number of anilines is 1. The van der Waals surface area contributed by atoms with Crippen LogP contribution in [0.15, 0.2) is 67.5 Å². The van der Waals surface area contributed by atoms with Gasteiger partial charge in [-0.15, -0.1) is 0 Å². The van der Waals surface area contributed by atoms with Crippen LogP contribution in [0, 0.1) is 6.92 Å². The van der Waals surface area contributed by atoms with Gasteiger partial charge in [0.25, 0.3) is 0 Å². The van der Waals surface area contributed by atoms with Crippen LogP contribution in [-0.2, 0) is 4.79 Å². The Morgan fingerprint density at radius 1 is 1.03 bits per heavy atom. The molecular formula is C26H22N8O. The third-order valence-corrected chi connectivity index (χ3v) is 5.98. The zero-order valence-corrected chi connectivity index (χ0v) is 19.2. The fourth-order valence-electron chi connectivity index (χ4n) is 4.22. The molecule has 5 heterocycles. The van der Waals surface area contributed by atoms with E-state index in [2.05, 4.69) is 47.6 Å². The van der Waals surface area contributed by atoms with Crippen molar-refractivity contribution in [1.29, 1.82) is 0 Å². The van der Waals surface area contributed by atoms with Gasteiger partial charge < -0.3 is 10.3 Å². The Morgan fingerprint density at radius 3 is 2.77 bits per heavy atom. The highest BCUT2D eigenvalue weighted by molar-refractivity contribution is 5.99. The molecule has 0 fully saturated rings. The Bertz CT molecular complexity index is 1710. The largest absolute Gasteiger partial charge is 0.353 e. The molecule has 0 aliphatic heterocycles. The standard InChI is InChI=1S/C26H22N8O/c1-3-24(35)30-18-8-17(11-27-12-18)16-4-5-22-19(9-16)25(33-32-22)23-10-20-21(31-23)6-7-28-26(20)34-13-15(2)29-14-34/h4-14,31H,3H2,1-2H3,(H,30,35)(H,32,33). The summed E-state index contributed by atoms with van der Waals surface area (Å²) in [5, 5.41) is 12.6. The van der Waals surface area contributed by atoms with E-state index in [1.165, 1.54) is 0 Å². The second-order valence-electron chi connectivity index (χ2n) is 8.40. The first-order chi connectivity index (χ1) is 17.1. The zero-order valence-electron chi connectivity index (χ0n) is 19.2. The molecule has 0 aliphatic carbocycles. The highest BCUT2D eigenvalue weighted by Gasteiger charge is 2.15. The lowest BCUT2D eigenvalue weighted by Gasteiger charge is -2.06.